The Hall–Kier alpha value is -0.510. The van der Waals surface area contributed by atoms with Crippen molar-refractivity contribution >= 4 is 46.5 Å². The van der Waals surface area contributed by atoms with Gasteiger partial charge in [-0.25, -0.2) is 0 Å². The Morgan fingerprint density at radius 1 is 1.16 bits per heavy atom. The van der Waals surface area contributed by atoms with E-state index in [4.69, 9.17) is 35.4 Å². The van der Waals surface area contributed by atoms with Gasteiger partial charge in [-0.3, -0.25) is 0 Å². The highest BCUT2D eigenvalue weighted by Crippen LogP contribution is 2.30. The van der Waals surface area contributed by atoms with E-state index < -0.39 is 0 Å². The third-order valence-corrected chi connectivity index (χ3v) is 5.03. The van der Waals surface area contributed by atoms with Gasteiger partial charge in [0.1, 0.15) is 0 Å². The first-order valence-corrected chi connectivity index (χ1v) is 7.89. The number of nitrogens with one attached hydrogen (secondary N) is 1. The van der Waals surface area contributed by atoms with Gasteiger partial charge in [-0.05, 0) is 43.1 Å². The number of nitrogens with zero attached hydrogens (tertiary/aromatic N) is 1. The van der Waals surface area contributed by atoms with Gasteiger partial charge >= 0.3 is 0 Å². The molecule has 0 amide bonds. The summed E-state index contributed by atoms with van der Waals surface area (Å²) in [5, 5.41) is 1.15. The molecule has 5 heteroatoms. The molecule has 1 saturated carbocycles. The predicted molar refractivity (Wildman–Crippen MR) is 83.7 cm³/mol. The number of hydrogen-bond donors (Lipinski definition) is 1. The summed E-state index contributed by atoms with van der Waals surface area (Å²) in [5.41, 5.74) is 2.03. The first-order valence-electron chi connectivity index (χ1n) is 6.72. The molecule has 0 saturated heterocycles. The molecule has 102 valence electrons. The highest BCUT2D eigenvalue weighted by atomic mass is 35.5. The molecule has 0 radical (unpaired) electrons. The summed E-state index contributed by atoms with van der Waals surface area (Å²) in [6, 6.07) is 3.76. The van der Waals surface area contributed by atoms with Crippen molar-refractivity contribution < 1.29 is 0 Å². The number of benzene rings is 1. The molecule has 1 N–H and O–H groups in total. The van der Waals surface area contributed by atoms with Crippen LogP contribution in [0.25, 0.3) is 11.0 Å². The zero-order valence-corrected chi connectivity index (χ0v) is 12.9. The fraction of sp³-hybridized carbons (Fsp3) is 0.500. The lowest BCUT2D eigenvalue weighted by molar-refractivity contribution is 0.321. The van der Waals surface area contributed by atoms with Gasteiger partial charge < -0.3 is 9.55 Å². The monoisotopic (exact) mass is 314 g/mol. The Morgan fingerprint density at radius 3 is 2.58 bits per heavy atom. The summed E-state index contributed by atoms with van der Waals surface area (Å²) >= 11 is 17.6. The summed E-state index contributed by atoms with van der Waals surface area (Å²) in [7, 11) is 0. The molecule has 1 aromatic heterocycles. The quantitative estimate of drug-likeness (QED) is 0.717. The number of rotatable bonds is 2. The molecule has 0 spiro atoms. The van der Waals surface area contributed by atoms with Gasteiger partial charge in [0.05, 0.1) is 21.1 Å². The van der Waals surface area contributed by atoms with Gasteiger partial charge in [0, 0.05) is 6.54 Å². The molecule has 1 aromatic carbocycles. The van der Waals surface area contributed by atoms with Crippen molar-refractivity contribution in [2.24, 2.45) is 5.92 Å². The molecule has 1 fully saturated rings. The van der Waals surface area contributed by atoms with Gasteiger partial charge in [0.2, 0.25) is 0 Å². The number of fused-ring (bicyclic) bond motifs is 1. The first-order chi connectivity index (χ1) is 9.15. The van der Waals surface area contributed by atoms with Crippen molar-refractivity contribution in [3.8, 4) is 0 Å². The lowest BCUT2D eigenvalue weighted by Gasteiger charge is -2.22. The van der Waals surface area contributed by atoms with Gasteiger partial charge in [-0.2, -0.15) is 0 Å². The first kappa shape index (κ1) is 13.5. The van der Waals surface area contributed by atoms with Crippen LogP contribution in [-0.2, 0) is 6.54 Å². The minimum atomic E-state index is 0.565. The summed E-state index contributed by atoms with van der Waals surface area (Å²) < 4.78 is 2.93. The maximum atomic E-state index is 6.12. The Bertz CT molecular complexity index is 653. The van der Waals surface area contributed by atoms with Crippen molar-refractivity contribution in [1.29, 1.82) is 0 Å². The highest BCUT2D eigenvalue weighted by Gasteiger charge is 2.16. The van der Waals surface area contributed by atoms with Gasteiger partial charge in [-0.15, -0.1) is 0 Å². The molecule has 19 heavy (non-hydrogen) atoms. The van der Waals surface area contributed by atoms with Crippen molar-refractivity contribution in [3.63, 3.8) is 0 Å². The second-order valence-corrected chi connectivity index (χ2v) is 6.53. The Labute approximate surface area is 127 Å². The molecular weight excluding hydrogens is 299 g/mol. The standard InChI is InChI=1S/C14H16Cl2N2S/c15-10-6-12-13(7-11(10)16)18(14(19)17-12)8-9-4-2-1-3-5-9/h6-7,9H,1-5,8H2,(H,17,19). The summed E-state index contributed by atoms with van der Waals surface area (Å²) in [6.45, 7) is 0.983. The van der Waals surface area contributed by atoms with Gasteiger partial charge in [-0.1, -0.05) is 42.5 Å². The van der Waals surface area contributed by atoms with Crippen molar-refractivity contribution in [1.82, 2.24) is 9.55 Å². The SMILES string of the molecule is S=c1[nH]c2cc(Cl)c(Cl)cc2n1CC1CCCCC1. The Morgan fingerprint density at radius 2 is 1.84 bits per heavy atom. The van der Waals surface area contributed by atoms with Crippen LogP contribution in [0.5, 0.6) is 0 Å². The molecule has 0 unspecified atom stereocenters. The minimum absolute atomic E-state index is 0.565. The zero-order valence-electron chi connectivity index (χ0n) is 10.6. The van der Waals surface area contributed by atoms with Crippen LogP contribution in [0.1, 0.15) is 32.1 Å². The largest absolute Gasteiger partial charge is 0.331 e. The van der Waals surface area contributed by atoms with Crippen molar-refractivity contribution in [2.75, 3.05) is 0 Å². The fourth-order valence-electron chi connectivity index (χ4n) is 2.96. The second kappa shape index (κ2) is 5.47. The van der Waals surface area contributed by atoms with E-state index in [1.807, 2.05) is 12.1 Å². The average Bonchev–Trinajstić information content (AvgIpc) is 2.68. The van der Waals surface area contributed by atoms with E-state index in [1.165, 1.54) is 32.1 Å². The maximum absolute atomic E-state index is 6.12. The molecule has 0 bridgehead atoms. The highest BCUT2D eigenvalue weighted by molar-refractivity contribution is 7.71. The molecule has 0 aliphatic heterocycles. The van der Waals surface area contributed by atoms with E-state index >= 15 is 0 Å². The number of imidazole rings is 1. The summed E-state index contributed by atoms with van der Waals surface area (Å²) in [6.07, 6.45) is 6.66. The third kappa shape index (κ3) is 2.69. The lowest BCUT2D eigenvalue weighted by atomic mass is 9.89. The van der Waals surface area contributed by atoms with E-state index in [0.717, 1.165) is 28.3 Å². The zero-order chi connectivity index (χ0) is 13.4. The number of aromatic nitrogens is 2. The van der Waals surface area contributed by atoms with E-state index in [2.05, 4.69) is 9.55 Å². The van der Waals surface area contributed by atoms with Crippen LogP contribution < -0.4 is 0 Å². The summed E-state index contributed by atoms with van der Waals surface area (Å²) in [5.74, 6) is 0.730. The number of hydrogen-bond acceptors (Lipinski definition) is 1. The average molecular weight is 315 g/mol. The summed E-state index contributed by atoms with van der Waals surface area (Å²) in [4.78, 5) is 3.22. The van der Waals surface area contributed by atoms with E-state index in [1.54, 1.807) is 0 Å². The molecule has 2 nitrogen and oxygen atoms in total. The van der Waals surface area contributed by atoms with Crippen LogP contribution in [0, 0.1) is 10.7 Å². The van der Waals surface area contributed by atoms with Crippen molar-refractivity contribution in [3.05, 3.63) is 26.9 Å². The van der Waals surface area contributed by atoms with E-state index in [0.29, 0.717) is 10.0 Å². The molecule has 1 aliphatic rings. The Kier molecular flexibility index (Phi) is 3.88. The third-order valence-electron chi connectivity index (χ3n) is 3.98. The molecule has 1 aliphatic carbocycles. The molecule has 1 heterocycles. The van der Waals surface area contributed by atoms with Crippen LogP contribution in [0.3, 0.4) is 0 Å². The number of halogens is 2. The van der Waals surface area contributed by atoms with Crippen LogP contribution in [-0.4, -0.2) is 9.55 Å². The smallest absolute Gasteiger partial charge is 0.178 e. The second-order valence-electron chi connectivity index (χ2n) is 5.33. The van der Waals surface area contributed by atoms with Crippen LogP contribution in [0.15, 0.2) is 12.1 Å². The number of aromatic amines is 1. The fourth-order valence-corrected chi connectivity index (χ4v) is 3.57. The van der Waals surface area contributed by atoms with Crippen LogP contribution in [0.2, 0.25) is 10.0 Å². The number of H-pyrrole nitrogens is 1. The molecular formula is C14H16Cl2N2S. The van der Waals surface area contributed by atoms with Crippen molar-refractivity contribution in [2.45, 2.75) is 38.6 Å². The van der Waals surface area contributed by atoms with Gasteiger partial charge in [0.15, 0.2) is 4.77 Å². The van der Waals surface area contributed by atoms with E-state index in [-0.39, 0.29) is 0 Å². The van der Waals surface area contributed by atoms with E-state index in [9.17, 15) is 0 Å². The molecule has 2 aromatic rings. The minimum Gasteiger partial charge on any atom is -0.331 e. The lowest BCUT2D eigenvalue weighted by Crippen LogP contribution is -2.14. The maximum Gasteiger partial charge on any atom is 0.178 e. The predicted octanol–water partition coefficient (Wildman–Crippen LogP) is 5.59. The van der Waals surface area contributed by atoms with Crippen LogP contribution in [0.4, 0.5) is 0 Å². The normalized spacial score (nSPS) is 17.2. The molecule has 0 atom stereocenters. The van der Waals surface area contributed by atoms with Gasteiger partial charge in [0.25, 0.3) is 0 Å². The van der Waals surface area contributed by atoms with Crippen LogP contribution >= 0.6 is 35.4 Å². The molecule has 3 rings (SSSR count). The topological polar surface area (TPSA) is 20.7 Å². The Balaban J connectivity index is 2.00.